The molecule has 9 rings (SSSR count). The van der Waals surface area contributed by atoms with Crippen LogP contribution in [0.1, 0.15) is 133 Å². The molecule has 0 aliphatic heterocycles. The third-order valence-corrected chi connectivity index (χ3v) is 12.8. The predicted molar refractivity (Wildman–Crippen MR) is 265 cm³/mol. The van der Waals surface area contributed by atoms with E-state index in [2.05, 4.69) is 247 Å². The van der Waals surface area contributed by atoms with Gasteiger partial charge in [0.1, 0.15) is 0 Å². The Morgan fingerprint density at radius 3 is 1.05 bits per heavy atom. The fraction of sp³-hybridized carbons (Fsp3) is 0.200. The van der Waals surface area contributed by atoms with Gasteiger partial charge < -0.3 is 10.6 Å². The van der Waals surface area contributed by atoms with Crippen LogP contribution in [0.25, 0.3) is 22.2 Å². The molecule has 0 fully saturated rings. The average molecular weight is 807 g/mol. The summed E-state index contributed by atoms with van der Waals surface area (Å²) >= 11 is 0. The van der Waals surface area contributed by atoms with Gasteiger partial charge in [-0.1, -0.05) is 237 Å². The molecule has 0 saturated carbocycles. The SMILES string of the molecule is CC(C)c1cccc(C(C)C)c1NC1=C(Nc2c(C(c3ccccc3)c3ccccc3)cc(C(C)(C)C)cc2C(c2ccccc2)c2ccccc2)c2cccc3cccc1c23. The van der Waals surface area contributed by atoms with Gasteiger partial charge in [-0.2, -0.15) is 0 Å². The molecule has 0 heterocycles. The van der Waals surface area contributed by atoms with Crippen LogP contribution in [0.2, 0.25) is 0 Å². The van der Waals surface area contributed by atoms with Crippen LogP contribution in [0.5, 0.6) is 0 Å². The third-order valence-electron chi connectivity index (χ3n) is 12.8. The Balaban J connectivity index is 1.40. The quantitative estimate of drug-likeness (QED) is 0.120. The highest BCUT2D eigenvalue weighted by Gasteiger charge is 2.33. The number of hydrogen-bond donors (Lipinski definition) is 2. The van der Waals surface area contributed by atoms with Gasteiger partial charge >= 0.3 is 0 Å². The van der Waals surface area contributed by atoms with Gasteiger partial charge in [-0.3, -0.25) is 0 Å². The molecule has 0 unspecified atom stereocenters. The standard InChI is InChI=1S/C60H58N2/c1-39(2)47-33-22-34-48(40(3)4)56(47)61-58-49-35-20-31-45-32-21-36-50(55(45)49)59(58)62-57-51(53(41-23-12-8-13-24-41)42-25-14-9-15-26-42)37-46(60(5,6)7)38-52(57)54(43-27-16-10-17-28-43)44-29-18-11-19-30-44/h8-40,53-54,61-62H,1-7H3. The monoisotopic (exact) mass is 806 g/mol. The molecule has 2 nitrogen and oxygen atoms in total. The van der Waals surface area contributed by atoms with E-state index < -0.39 is 0 Å². The molecule has 2 N–H and O–H groups in total. The summed E-state index contributed by atoms with van der Waals surface area (Å²) in [5, 5.41) is 11.1. The van der Waals surface area contributed by atoms with Crippen LogP contribution >= 0.6 is 0 Å². The van der Waals surface area contributed by atoms with E-state index in [1.807, 2.05) is 0 Å². The highest BCUT2D eigenvalue weighted by atomic mass is 15.0. The summed E-state index contributed by atoms with van der Waals surface area (Å²) in [6.45, 7) is 16.3. The molecular weight excluding hydrogens is 749 g/mol. The first kappa shape index (κ1) is 40.7. The zero-order chi connectivity index (χ0) is 43.0. The van der Waals surface area contributed by atoms with Gasteiger partial charge in [0, 0.05) is 39.7 Å². The van der Waals surface area contributed by atoms with Gasteiger partial charge in [0.15, 0.2) is 0 Å². The van der Waals surface area contributed by atoms with Gasteiger partial charge in [0.05, 0.1) is 11.4 Å². The Kier molecular flexibility index (Phi) is 11.2. The lowest BCUT2D eigenvalue weighted by Gasteiger charge is -2.32. The van der Waals surface area contributed by atoms with Crippen molar-refractivity contribution in [1.82, 2.24) is 0 Å². The Morgan fingerprint density at radius 1 is 0.371 bits per heavy atom. The fourth-order valence-electron chi connectivity index (χ4n) is 9.64. The van der Waals surface area contributed by atoms with Crippen LogP contribution in [0, 0.1) is 0 Å². The summed E-state index contributed by atoms with van der Waals surface area (Å²) in [4.78, 5) is 0. The van der Waals surface area contributed by atoms with Crippen molar-refractivity contribution in [2.24, 2.45) is 0 Å². The number of hydrogen-bond acceptors (Lipinski definition) is 2. The molecule has 1 aliphatic carbocycles. The normalized spacial score (nSPS) is 12.6. The van der Waals surface area contributed by atoms with Crippen molar-refractivity contribution in [3.8, 4) is 0 Å². The Bertz CT molecular complexity index is 2650. The maximum atomic E-state index is 4.39. The number of benzene rings is 8. The molecule has 0 radical (unpaired) electrons. The van der Waals surface area contributed by atoms with Crippen LogP contribution in [0.4, 0.5) is 11.4 Å². The Hall–Kier alpha value is -6.64. The molecule has 8 aromatic carbocycles. The lowest BCUT2D eigenvalue weighted by atomic mass is 9.75. The van der Waals surface area contributed by atoms with Crippen molar-refractivity contribution in [3.05, 3.63) is 249 Å². The van der Waals surface area contributed by atoms with Crippen LogP contribution in [0.15, 0.2) is 188 Å². The van der Waals surface area contributed by atoms with Crippen molar-refractivity contribution in [2.45, 2.75) is 77.6 Å². The summed E-state index contributed by atoms with van der Waals surface area (Å²) in [5.74, 6) is 0.565. The van der Waals surface area contributed by atoms with Crippen molar-refractivity contribution < 1.29 is 0 Å². The van der Waals surface area contributed by atoms with E-state index in [9.17, 15) is 0 Å². The molecule has 0 saturated heterocycles. The lowest BCUT2D eigenvalue weighted by Crippen LogP contribution is -2.19. The van der Waals surface area contributed by atoms with Gasteiger partial charge in [-0.05, 0) is 72.7 Å². The van der Waals surface area contributed by atoms with Crippen molar-refractivity contribution in [2.75, 3.05) is 10.6 Å². The van der Waals surface area contributed by atoms with Gasteiger partial charge in [-0.25, -0.2) is 0 Å². The van der Waals surface area contributed by atoms with Crippen LogP contribution < -0.4 is 10.6 Å². The van der Waals surface area contributed by atoms with Crippen molar-refractivity contribution >= 4 is 33.5 Å². The van der Waals surface area contributed by atoms with E-state index in [1.165, 1.54) is 77.7 Å². The molecule has 62 heavy (non-hydrogen) atoms. The van der Waals surface area contributed by atoms with Crippen LogP contribution in [-0.2, 0) is 5.41 Å². The van der Waals surface area contributed by atoms with Crippen molar-refractivity contribution in [3.63, 3.8) is 0 Å². The summed E-state index contributed by atoms with van der Waals surface area (Å²) in [6, 6.07) is 69.7. The highest BCUT2D eigenvalue weighted by Crippen LogP contribution is 2.50. The van der Waals surface area contributed by atoms with Gasteiger partial charge in [-0.15, -0.1) is 0 Å². The first-order valence-electron chi connectivity index (χ1n) is 22.4. The second-order valence-corrected chi connectivity index (χ2v) is 18.6. The summed E-state index contributed by atoms with van der Waals surface area (Å²) in [6.07, 6.45) is 0. The van der Waals surface area contributed by atoms with E-state index in [0.29, 0.717) is 11.8 Å². The maximum absolute atomic E-state index is 4.39. The molecule has 0 spiro atoms. The molecule has 2 heteroatoms. The Labute approximate surface area is 369 Å². The summed E-state index contributed by atoms with van der Waals surface area (Å²) < 4.78 is 0. The van der Waals surface area contributed by atoms with E-state index in [4.69, 9.17) is 0 Å². The second-order valence-electron chi connectivity index (χ2n) is 18.6. The number of rotatable bonds is 12. The van der Waals surface area contributed by atoms with Gasteiger partial charge in [0.2, 0.25) is 0 Å². The largest absolute Gasteiger partial charge is 0.353 e. The van der Waals surface area contributed by atoms with E-state index in [1.54, 1.807) is 0 Å². The van der Waals surface area contributed by atoms with Crippen LogP contribution in [0.3, 0.4) is 0 Å². The summed E-state index contributed by atoms with van der Waals surface area (Å²) in [5.41, 5.74) is 18.3. The number of anilines is 2. The molecule has 0 amide bonds. The first-order chi connectivity index (χ1) is 30.1. The highest BCUT2D eigenvalue weighted by molar-refractivity contribution is 6.18. The average Bonchev–Trinajstić information content (AvgIpc) is 3.58. The predicted octanol–water partition coefficient (Wildman–Crippen LogP) is 16.1. The topological polar surface area (TPSA) is 24.1 Å². The minimum absolute atomic E-state index is 0.0565. The molecule has 8 aromatic rings. The van der Waals surface area contributed by atoms with Crippen LogP contribution in [-0.4, -0.2) is 0 Å². The summed E-state index contributed by atoms with van der Waals surface area (Å²) in [7, 11) is 0. The maximum Gasteiger partial charge on any atom is 0.0710 e. The van der Waals surface area contributed by atoms with E-state index in [0.717, 1.165) is 17.1 Å². The minimum Gasteiger partial charge on any atom is -0.353 e. The van der Waals surface area contributed by atoms with Crippen molar-refractivity contribution in [1.29, 1.82) is 0 Å². The zero-order valence-corrected chi connectivity index (χ0v) is 37.2. The lowest BCUT2D eigenvalue weighted by molar-refractivity contribution is 0.588. The number of para-hydroxylation sites is 1. The zero-order valence-electron chi connectivity index (χ0n) is 37.2. The fourth-order valence-corrected chi connectivity index (χ4v) is 9.64. The van der Waals surface area contributed by atoms with E-state index >= 15 is 0 Å². The third kappa shape index (κ3) is 7.75. The molecule has 0 aromatic heterocycles. The minimum atomic E-state index is -0.132. The van der Waals surface area contributed by atoms with Gasteiger partial charge in [0.25, 0.3) is 0 Å². The Morgan fingerprint density at radius 2 is 0.710 bits per heavy atom. The number of nitrogens with one attached hydrogen (secondary N) is 2. The molecule has 1 aliphatic rings. The smallest absolute Gasteiger partial charge is 0.0710 e. The second kappa shape index (κ2) is 17.0. The van der Waals surface area contributed by atoms with E-state index in [-0.39, 0.29) is 17.3 Å². The molecule has 0 atom stereocenters. The molecule has 0 bridgehead atoms. The first-order valence-corrected chi connectivity index (χ1v) is 22.4. The molecule has 308 valence electrons. The molecular formula is C60H58N2.